The maximum atomic E-state index is 8.89. The van der Waals surface area contributed by atoms with Crippen LogP contribution in [0.15, 0.2) is 55.2 Å². The maximum absolute atomic E-state index is 8.89. The molecule has 130 valence electrons. The normalized spacial score (nSPS) is 15.0. The Labute approximate surface area is 152 Å². The van der Waals surface area contributed by atoms with E-state index >= 15 is 0 Å². The molecule has 3 aromatic rings. The van der Waals surface area contributed by atoms with Gasteiger partial charge in [0.05, 0.1) is 12.1 Å². The van der Waals surface area contributed by atoms with Gasteiger partial charge in [-0.1, -0.05) is 6.07 Å². The molecule has 0 spiro atoms. The van der Waals surface area contributed by atoms with Gasteiger partial charge < -0.3 is 9.47 Å². The van der Waals surface area contributed by atoms with Crippen molar-refractivity contribution < 1.29 is 0 Å². The Morgan fingerprint density at radius 3 is 2.65 bits per heavy atom. The highest BCUT2D eigenvalue weighted by Crippen LogP contribution is 2.29. The summed E-state index contributed by atoms with van der Waals surface area (Å²) in [4.78, 5) is 15.5. The molecule has 3 aromatic heterocycles. The second-order valence-electron chi connectivity index (χ2n) is 6.55. The first kappa shape index (κ1) is 16.3. The quantitative estimate of drug-likeness (QED) is 0.728. The number of aromatic nitrogens is 4. The zero-order chi connectivity index (χ0) is 17.8. The lowest BCUT2D eigenvalue weighted by atomic mass is 9.95. The third-order valence-corrected chi connectivity index (χ3v) is 4.88. The van der Waals surface area contributed by atoms with Crippen molar-refractivity contribution >= 4 is 5.82 Å². The molecule has 0 amide bonds. The largest absolute Gasteiger partial charge is 0.357 e. The number of piperidine rings is 1. The number of pyridine rings is 2. The van der Waals surface area contributed by atoms with E-state index in [2.05, 4.69) is 42.8 Å². The Morgan fingerprint density at radius 2 is 1.96 bits per heavy atom. The summed E-state index contributed by atoms with van der Waals surface area (Å²) < 4.78 is 2.23. The third kappa shape index (κ3) is 3.42. The van der Waals surface area contributed by atoms with Gasteiger partial charge in [-0.2, -0.15) is 5.26 Å². The summed E-state index contributed by atoms with van der Waals surface area (Å²) in [6.45, 7) is 2.70. The number of imidazole rings is 1. The summed E-state index contributed by atoms with van der Waals surface area (Å²) in [5.74, 6) is 2.55. The summed E-state index contributed by atoms with van der Waals surface area (Å²) in [5, 5.41) is 8.89. The Morgan fingerprint density at radius 1 is 1.08 bits per heavy atom. The minimum atomic E-state index is 0.455. The molecule has 1 aliphatic heterocycles. The van der Waals surface area contributed by atoms with Crippen LogP contribution < -0.4 is 4.90 Å². The van der Waals surface area contributed by atoms with Crippen LogP contribution in [0, 0.1) is 11.3 Å². The monoisotopic (exact) mass is 344 g/mol. The molecule has 26 heavy (non-hydrogen) atoms. The molecule has 0 aromatic carbocycles. The van der Waals surface area contributed by atoms with Gasteiger partial charge in [0, 0.05) is 50.0 Å². The summed E-state index contributed by atoms with van der Waals surface area (Å²) in [7, 11) is 0. The van der Waals surface area contributed by atoms with Crippen LogP contribution in [0.3, 0.4) is 0 Å². The summed E-state index contributed by atoms with van der Waals surface area (Å²) in [6.07, 6.45) is 11.4. The molecule has 0 saturated carbocycles. The molecule has 4 heterocycles. The lowest BCUT2D eigenvalue weighted by molar-refractivity contribution is 0.468. The SMILES string of the molecule is N#Cc1ccc(N2CCC(c3nccn3Cc3cccnc3)CC2)nc1. The van der Waals surface area contributed by atoms with Crippen LogP contribution in [-0.4, -0.2) is 32.6 Å². The van der Waals surface area contributed by atoms with E-state index in [1.807, 2.05) is 30.6 Å². The van der Waals surface area contributed by atoms with Crippen molar-refractivity contribution in [1.82, 2.24) is 19.5 Å². The number of nitriles is 1. The van der Waals surface area contributed by atoms with Crippen molar-refractivity contribution in [2.75, 3.05) is 18.0 Å². The molecule has 1 fully saturated rings. The van der Waals surface area contributed by atoms with Gasteiger partial charge in [-0.25, -0.2) is 9.97 Å². The second kappa shape index (κ2) is 7.36. The highest BCUT2D eigenvalue weighted by atomic mass is 15.2. The molecule has 1 aliphatic rings. The first-order valence-corrected chi connectivity index (χ1v) is 8.84. The van der Waals surface area contributed by atoms with E-state index in [0.29, 0.717) is 11.5 Å². The molecule has 6 nitrogen and oxygen atoms in total. The molecule has 0 aliphatic carbocycles. The van der Waals surface area contributed by atoms with Gasteiger partial charge in [0.25, 0.3) is 0 Å². The van der Waals surface area contributed by atoms with Crippen molar-refractivity contribution in [3.63, 3.8) is 0 Å². The van der Waals surface area contributed by atoms with E-state index in [0.717, 1.165) is 44.1 Å². The molecule has 0 radical (unpaired) electrons. The summed E-state index contributed by atoms with van der Waals surface area (Å²) >= 11 is 0. The topological polar surface area (TPSA) is 70.6 Å². The zero-order valence-corrected chi connectivity index (χ0v) is 14.5. The predicted molar refractivity (Wildman–Crippen MR) is 98.7 cm³/mol. The number of hydrogen-bond acceptors (Lipinski definition) is 5. The van der Waals surface area contributed by atoms with Crippen LogP contribution >= 0.6 is 0 Å². The summed E-state index contributed by atoms with van der Waals surface area (Å²) in [5.41, 5.74) is 1.78. The fraction of sp³-hybridized carbons (Fsp3) is 0.300. The highest BCUT2D eigenvalue weighted by Gasteiger charge is 2.24. The Bertz CT molecular complexity index is 886. The van der Waals surface area contributed by atoms with E-state index in [9.17, 15) is 0 Å². The molecule has 0 unspecified atom stereocenters. The number of nitrogens with zero attached hydrogens (tertiary/aromatic N) is 6. The van der Waals surface area contributed by atoms with Gasteiger partial charge in [-0.15, -0.1) is 0 Å². The van der Waals surface area contributed by atoms with E-state index in [1.165, 1.54) is 5.56 Å². The Kier molecular flexibility index (Phi) is 4.61. The maximum Gasteiger partial charge on any atom is 0.128 e. The lowest BCUT2D eigenvalue weighted by Crippen LogP contribution is -2.34. The fourth-order valence-corrected chi connectivity index (χ4v) is 3.51. The minimum absolute atomic E-state index is 0.455. The second-order valence-corrected chi connectivity index (χ2v) is 6.55. The molecular formula is C20H20N6. The number of hydrogen-bond donors (Lipinski definition) is 0. The van der Waals surface area contributed by atoms with Gasteiger partial charge in [0.1, 0.15) is 17.7 Å². The van der Waals surface area contributed by atoms with Crippen LogP contribution in [0.2, 0.25) is 0 Å². The van der Waals surface area contributed by atoms with Gasteiger partial charge >= 0.3 is 0 Å². The van der Waals surface area contributed by atoms with Crippen molar-refractivity contribution in [2.45, 2.75) is 25.3 Å². The fourth-order valence-electron chi connectivity index (χ4n) is 3.51. The van der Waals surface area contributed by atoms with Crippen molar-refractivity contribution in [1.29, 1.82) is 5.26 Å². The van der Waals surface area contributed by atoms with Crippen LogP contribution in [0.1, 0.15) is 35.7 Å². The first-order valence-electron chi connectivity index (χ1n) is 8.84. The van der Waals surface area contributed by atoms with E-state index in [1.54, 1.807) is 12.4 Å². The Hall–Kier alpha value is -3.20. The molecular weight excluding hydrogens is 324 g/mol. The van der Waals surface area contributed by atoms with Crippen LogP contribution in [0.4, 0.5) is 5.82 Å². The van der Waals surface area contributed by atoms with Crippen molar-refractivity contribution in [3.8, 4) is 6.07 Å². The Balaban J connectivity index is 1.42. The van der Waals surface area contributed by atoms with Crippen LogP contribution in [0.5, 0.6) is 0 Å². The predicted octanol–water partition coefficient (Wildman–Crippen LogP) is 2.98. The number of anilines is 1. The average Bonchev–Trinajstić information content (AvgIpc) is 3.17. The summed E-state index contributed by atoms with van der Waals surface area (Å²) in [6, 6.07) is 9.93. The zero-order valence-electron chi connectivity index (χ0n) is 14.5. The van der Waals surface area contributed by atoms with Crippen molar-refractivity contribution in [3.05, 3.63) is 72.2 Å². The number of rotatable bonds is 4. The van der Waals surface area contributed by atoms with Gasteiger partial charge in [-0.05, 0) is 36.6 Å². The smallest absolute Gasteiger partial charge is 0.128 e. The molecule has 0 atom stereocenters. The van der Waals surface area contributed by atoms with E-state index in [4.69, 9.17) is 5.26 Å². The van der Waals surface area contributed by atoms with Gasteiger partial charge in [-0.3, -0.25) is 4.98 Å². The first-order chi connectivity index (χ1) is 12.8. The minimum Gasteiger partial charge on any atom is -0.357 e. The molecule has 4 rings (SSSR count). The van der Waals surface area contributed by atoms with E-state index < -0.39 is 0 Å². The average molecular weight is 344 g/mol. The van der Waals surface area contributed by atoms with Crippen LogP contribution in [0.25, 0.3) is 0 Å². The third-order valence-electron chi connectivity index (χ3n) is 4.88. The van der Waals surface area contributed by atoms with Crippen molar-refractivity contribution in [2.24, 2.45) is 0 Å². The molecule has 6 heteroatoms. The molecule has 0 N–H and O–H groups in total. The van der Waals surface area contributed by atoms with Crippen LogP contribution in [-0.2, 0) is 6.54 Å². The van der Waals surface area contributed by atoms with Gasteiger partial charge in [0.2, 0.25) is 0 Å². The standard InChI is InChI=1S/C20H20N6/c21-12-16-3-4-19(24-14-16)25-9-5-18(6-10-25)20-23-8-11-26(20)15-17-2-1-7-22-13-17/h1-4,7-8,11,13-14,18H,5-6,9-10,15H2. The highest BCUT2D eigenvalue weighted by molar-refractivity contribution is 5.42. The molecule has 0 bridgehead atoms. The van der Waals surface area contributed by atoms with Gasteiger partial charge in [0.15, 0.2) is 0 Å². The lowest BCUT2D eigenvalue weighted by Gasteiger charge is -2.32. The molecule has 1 saturated heterocycles. The van der Waals surface area contributed by atoms with E-state index in [-0.39, 0.29) is 0 Å².